The molecule has 0 saturated heterocycles. The molecule has 0 unspecified atom stereocenters. The second kappa shape index (κ2) is 5.50. The maximum Gasteiger partial charge on any atom is 0.215 e. The number of aromatic nitrogens is 1. The van der Waals surface area contributed by atoms with E-state index in [1.54, 1.807) is 36.5 Å². The molecule has 1 heterocycles. The monoisotopic (exact) mass is 325 g/mol. The van der Waals surface area contributed by atoms with Crippen molar-refractivity contribution in [3.63, 3.8) is 0 Å². The number of nitrogens with zero attached hydrogens (tertiary/aromatic N) is 1. The summed E-state index contributed by atoms with van der Waals surface area (Å²) < 4.78 is 5.86. The van der Waals surface area contributed by atoms with Crippen LogP contribution in [-0.4, -0.2) is 17.9 Å². The van der Waals surface area contributed by atoms with Gasteiger partial charge in [-0.1, -0.05) is 11.6 Å². The smallest absolute Gasteiger partial charge is 0.215 e. The second-order valence-electron chi connectivity index (χ2n) is 3.51. The van der Waals surface area contributed by atoms with Gasteiger partial charge >= 0.3 is 0 Å². The molecule has 0 amide bonds. The lowest BCUT2D eigenvalue weighted by Crippen LogP contribution is -2.06. The molecule has 1 aromatic carbocycles. The maximum atomic E-state index is 12.3. The van der Waals surface area contributed by atoms with Gasteiger partial charge < -0.3 is 4.74 Å². The minimum atomic E-state index is -0.221. The van der Waals surface area contributed by atoms with Gasteiger partial charge in [0.1, 0.15) is 5.75 Å². The van der Waals surface area contributed by atoms with Crippen LogP contribution in [0.4, 0.5) is 0 Å². The molecule has 18 heavy (non-hydrogen) atoms. The molecule has 0 aliphatic carbocycles. The summed E-state index contributed by atoms with van der Waals surface area (Å²) in [5.74, 6) is 0.225. The molecule has 5 heteroatoms. The molecule has 0 fully saturated rings. The summed E-state index contributed by atoms with van der Waals surface area (Å²) in [6, 6.07) is 8.42. The largest absolute Gasteiger partial charge is 0.494 e. The van der Waals surface area contributed by atoms with E-state index in [-0.39, 0.29) is 11.5 Å². The Labute approximate surface area is 118 Å². The van der Waals surface area contributed by atoms with Crippen molar-refractivity contribution >= 4 is 33.3 Å². The lowest BCUT2D eigenvalue weighted by molar-refractivity contribution is 0.103. The molecular weight excluding hydrogens is 318 g/mol. The van der Waals surface area contributed by atoms with Crippen molar-refractivity contribution < 1.29 is 9.53 Å². The zero-order chi connectivity index (χ0) is 13.1. The Morgan fingerprint density at radius 3 is 2.83 bits per heavy atom. The van der Waals surface area contributed by atoms with Crippen LogP contribution in [0.2, 0.25) is 5.02 Å². The highest BCUT2D eigenvalue weighted by Crippen LogP contribution is 2.25. The van der Waals surface area contributed by atoms with Crippen LogP contribution in [0.15, 0.2) is 41.0 Å². The molecule has 2 aromatic rings. The van der Waals surface area contributed by atoms with E-state index in [0.29, 0.717) is 16.3 Å². The average molecular weight is 327 g/mol. The van der Waals surface area contributed by atoms with Crippen molar-refractivity contribution in [2.45, 2.75) is 0 Å². The predicted molar refractivity (Wildman–Crippen MR) is 73.4 cm³/mol. The standard InChI is InChI=1S/C13H9BrClNO2/c1-18-11-3-2-6-16-12(11)13(17)8-4-5-9(14)10(15)7-8/h2-7H,1H3. The first kappa shape index (κ1) is 13.1. The van der Waals surface area contributed by atoms with E-state index in [0.717, 1.165) is 4.47 Å². The van der Waals surface area contributed by atoms with Crippen LogP contribution in [0.5, 0.6) is 5.75 Å². The minimum absolute atomic E-state index is 0.221. The Kier molecular flexibility index (Phi) is 3.99. The minimum Gasteiger partial charge on any atom is -0.494 e. The normalized spacial score (nSPS) is 10.2. The fourth-order valence-corrected chi connectivity index (χ4v) is 1.93. The van der Waals surface area contributed by atoms with Crippen LogP contribution < -0.4 is 4.74 Å². The van der Waals surface area contributed by atoms with Gasteiger partial charge in [-0.15, -0.1) is 0 Å². The van der Waals surface area contributed by atoms with Gasteiger partial charge in [0, 0.05) is 16.2 Å². The van der Waals surface area contributed by atoms with E-state index >= 15 is 0 Å². The Morgan fingerprint density at radius 2 is 2.17 bits per heavy atom. The topological polar surface area (TPSA) is 39.2 Å². The van der Waals surface area contributed by atoms with E-state index in [2.05, 4.69) is 20.9 Å². The quantitative estimate of drug-likeness (QED) is 0.807. The van der Waals surface area contributed by atoms with Crippen molar-refractivity contribution in [3.8, 4) is 5.75 Å². The molecule has 0 saturated carbocycles. The van der Waals surface area contributed by atoms with Crippen LogP contribution in [0, 0.1) is 0 Å². The van der Waals surface area contributed by atoms with E-state index < -0.39 is 0 Å². The third kappa shape index (κ3) is 2.54. The summed E-state index contributed by atoms with van der Waals surface area (Å²) in [6.45, 7) is 0. The van der Waals surface area contributed by atoms with E-state index in [1.165, 1.54) is 7.11 Å². The number of carbonyl (C=O) groups is 1. The Morgan fingerprint density at radius 1 is 1.39 bits per heavy atom. The average Bonchev–Trinajstić information content (AvgIpc) is 2.41. The molecule has 0 bridgehead atoms. The van der Waals surface area contributed by atoms with Crippen molar-refractivity contribution in [3.05, 3.63) is 57.3 Å². The summed E-state index contributed by atoms with van der Waals surface area (Å²) in [5, 5.41) is 0.482. The summed E-state index contributed by atoms with van der Waals surface area (Å²) in [5.41, 5.74) is 0.749. The first-order valence-electron chi connectivity index (χ1n) is 5.12. The van der Waals surface area contributed by atoms with Crippen molar-refractivity contribution in [1.82, 2.24) is 4.98 Å². The zero-order valence-electron chi connectivity index (χ0n) is 9.48. The van der Waals surface area contributed by atoms with Crippen LogP contribution in [0.1, 0.15) is 16.1 Å². The van der Waals surface area contributed by atoms with Crippen molar-refractivity contribution in [2.75, 3.05) is 7.11 Å². The van der Waals surface area contributed by atoms with Gasteiger partial charge in [-0.25, -0.2) is 4.98 Å². The number of ketones is 1. The molecule has 0 aliphatic rings. The highest BCUT2D eigenvalue weighted by molar-refractivity contribution is 9.10. The van der Waals surface area contributed by atoms with Gasteiger partial charge in [-0.2, -0.15) is 0 Å². The second-order valence-corrected chi connectivity index (χ2v) is 4.77. The predicted octanol–water partition coefficient (Wildman–Crippen LogP) is 3.74. The Hall–Kier alpha value is -1.39. The molecule has 1 aromatic heterocycles. The molecule has 92 valence electrons. The first-order valence-corrected chi connectivity index (χ1v) is 6.29. The van der Waals surface area contributed by atoms with Gasteiger partial charge in [0.25, 0.3) is 0 Å². The van der Waals surface area contributed by atoms with Crippen LogP contribution in [-0.2, 0) is 0 Å². The molecule has 2 rings (SSSR count). The fourth-order valence-electron chi connectivity index (χ4n) is 1.50. The first-order chi connectivity index (χ1) is 8.63. The molecule has 0 aliphatic heterocycles. The van der Waals surface area contributed by atoms with Gasteiger partial charge in [0.05, 0.1) is 12.1 Å². The Balaban J connectivity index is 2.44. The molecule has 0 N–H and O–H groups in total. The third-order valence-corrected chi connectivity index (χ3v) is 3.62. The third-order valence-electron chi connectivity index (χ3n) is 2.39. The zero-order valence-corrected chi connectivity index (χ0v) is 11.8. The maximum absolute atomic E-state index is 12.3. The lowest BCUT2D eigenvalue weighted by Gasteiger charge is -2.06. The van der Waals surface area contributed by atoms with Gasteiger partial charge in [-0.05, 0) is 46.3 Å². The Bertz CT molecular complexity index is 601. The molecular formula is C13H9BrClNO2. The van der Waals surface area contributed by atoms with E-state index in [1.807, 2.05) is 0 Å². The van der Waals surface area contributed by atoms with Crippen LogP contribution in [0.25, 0.3) is 0 Å². The molecule has 0 atom stereocenters. The number of rotatable bonds is 3. The van der Waals surface area contributed by atoms with Crippen LogP contribution in [0.3, 0.4) is 0 Å². The number of hydrogen-bond acceptors (Lipinski definition) is 3. The highest BCUT2D eigenvalue weighted by Gasteiger charge is 2.16. The number of hydrogen-bond donors (Lipinski definition) is 0. The van der Waals surface area contributed by atoms with E-state index in [4.69, 9.17) is 16.3 Å². The number of benzene rings is 1. The SMILES string of the molecule is COc1cccnc1C(=O)c1ccc(Br)c(Cl)c1. The number of carbonyl (C=O) groups excluding carboxylic acids is 1. The summed E-state index contributed by atoms with van der Waals surface area (Å²) in [7, 11) is 1.50. The van der Waals surface area contributed by atoms with E-state index in [9.17, 15) is 4.79 Å². The number of ether oxygens (including phenoxy) is 1. The van der Waals surface area contributed by atoms with Gasteiger partial charge in [-0.3, -0.25) is 4.79 Å². The van der Waals surface area contributed by atoms with Crippen LogP contribution >= 0.6 is 27.5 Å². The molecule has 0 spiro atoms. The van der Waals surface area contributed by atoms with Crippen molar-refractivity contribution in [1.29, 1.82) is 0 Å². The number of methoxy groups -OCH3 is 1. The fraction of sp³-hybridized carbons (Fsp3) is 0.0769. The molecule has 0 radical (unpaired) electrons. The summed E-state index contributed by atoms with van der Waals surface area (Å²) >= 11 is 9.25. The number of halogens is 2. The number of pyridine rings is 1. The summed E-state index contributed by atoms with van der Waals surface area (Å²) in [4.78, 5) is 16.3. The van der Waals surface area contributed by atoms with Gasteiger partial charge in [0.15, 0.2) is 5.69 Å². The lowest BCUT2D eigenvalue weighted by atomic mass is 10.1. The van der Waals surface area contributed by atoms with Crippen molar-refractivity contribution in [2.24, 2.45) is 0 Å². The molecule has 3 nitrogen and oxygen atoms in total. The summed E-state index contributed by atoms with van der Waals surface area (Å²) in [6.07, 6.45) is 1.55. The van der Waals surface area contributed by atoms with Gasteiger partial charge in [0.2, 0.25) is 5.78 Å². The highest BCUT2D eigenvalue weighted by atomic mass is 79.9.